The summed E-state index contributed by atoms with van der Waals surface area (Å²) >= 11 is 7.38. The van der Waals surface area contributed by atoms with Crippen LogP contribution in [0.5, 0.6) is 5.75 Å². The molecule has 0 radical (unpaired) electrons. The van der Waals surface area contributed by atoms with Crippen LogP contribution in [0.4, 0.5) is 10.2 Å². The Labute approximate surface area is 169 Å². The van der Waals surface area contributed by atoms with Crippen molar-refractivity contribution in [2.24, 2.45) is 0 Å². The van der Waals surface area contributed by atoms with Crippen molar-refractivity contribution in [2.75, 3.05) is 11.9 Å². The van der Waals surface area contributed by atoms with Crippen molar-refractivity contribution in [3.8, 4) is 17.0 Å². The van der Waals surface area contributed by atoms with E-state index in [1.165, 1.54) is 23.5 Å². The van der Waals surface area contributed by atoms with Crippen LogP contribution in [0.3, 0.4) is 0 Å². The molecule has 0 saturated carbocycles. The maximum absolute atomic E-state index is 13.3. The van der Waals surface area contributed by atoms with Crippen LogP contribution >= 0.6 is 22.9 Å². The number of amides is 1. The standard InChI is InChI=1S/C20H15ClFN3O2S/c1-12-10-14(21)4-7-16(12)27-11-17(26)23-19-18(13-2-5-15(22)6-3-13)24-20-25(19)8-9-28-20/h2-10H,11H2,1H3,(H,23,26). The summed E-state index contributed by atoms with van der Waals surface area (Å²) in [5.41, 5.74) is 2.13. The van der Waals surface area contributed by atoms with E-state index >= 15 is 0 Å². The maximum Gasteiger partial charge on any atom is 0.263 e. The van der Waals surface area contributed by atoms with E-state index in [0.717, 1.165) is 10.5 Å². The van der Waals surface area contributed by atoms with Gasteiger partial charge >= 0.3 is 0 Å². The molecule has 0 saturated heterocycles. The zero-order valence-corrected chi connectivity index (χ0v) is 16.4. The highest BCUT2D eigenvalue weighted by molar-refractivity contribution is 7.15. The molecule has 0 aliphatic heterocycles. The van der Waals surface area contributed by atoms with E-state index in [1.54, 1.807) is 34.7 Å². The average molecular weight is 416 g/mol. The van der Waals surface area contributed by atoms with Crippen LogP contribution in [0.2, 0.25) is 5.02 Å². The molecule has 0 bridgehead atoms. The van der Waals surface area contributed by atoms with E-state index in [2.05, 4.69) is 10.3 Å². The molecule has 4 aromatic rings. The Hall–Kier alpha value is -2.90. The van der Waals surface area contributed by atoms with Crippen molar-refractivity contribution in [3.05, 3.63) is 70.4 Å². The molecule has 8 heteroatoms. The number of anilines is 1. The number of ether oxygens (including phenoxy) is 1. The molecule has 1 amide bonds. The van der Waals surface area contributed by atoms with E-state index in [9.17, 15) is 9.18 Å². The van der Waals surface area contributed by atoms with Crippen molar-refractivity contribution in [3.63, 3.8) is 0 Å². The first-order valence-corrected chi connectivity index (χ1v) is 9.67. The second-order valence-electron chi connectivity index (χ2n) is 6.12. The van der Waals surface area contributed by atoms with E-state index in [-0.39, 0.29) is 18.3 Å². The SMILES string of the molecule is Cc1cc(Cl)ccc1OCC(=O)Nc1c(-c2ccc(F)cc2)nc2sccn12. The largest absolute Gasteiger partial charge is 0.483 e. The number of hydrogen-bond donors (Lipinski definition) is 1. The monoisotopic (exact) mass is 415 g/mol. The lowest BCUT2D eigenvalue weighted by atomic mass is 10.1. The van der Waals surface area contributed by atoms with Gasteiger partial charge in [-0.15, -0.1) is 11.3 Å². The van der Waals surface area contributed by atoms with Crippen molar-refractivity contribution in [2.45, 2.75) is 6.92 Å². The summed E-state index contributed by atoms with van der Waals surface area (Å²) in [5, 5.41) is 5.34. The lowest BCUT2D eigenvalue weighted by Gasteiger charge is -2.10. The third kappa shape index (κ3) is 3.72. The Kier molecular flexibility index (Phi) is 5.02. The van der Waals surface area contributed by atoms with Gasteiger partial charge in [0.1, 0.15) is 23.1 Å². The molecule has 2 aromatic carbocycles. The fourth-order valence-corrected chi connectivity index (χ4v) is 3.74. The zero-order chi connectivity index (χ0) is 19.7. The molecule has 0 fully saturated rings. The predicted molar refractivity (Wildman–Crippen MR) is 109 cm³/mol. The minimum absolute atomic E-state index is 0.164. The van der Waals surface area contributed by atoms with Crippen LogP contribution < -0.4 is 10.1 Å². The summed E-state index contributed by atoms with van der Waals surface area (Å²) in [6.07, 6.45) is 1.82. The molecule has 5 nitrogen and oxygen atoms in total. The Morgan fingerprint density at radius 3 is 2.82 bits per heavy atom. The summed E-state index contributed by atoms with van der Waals surface area (Å²) in [4.78, 5) is 17.8. The van der Waals surface area contributed by atoms with Gasteiger partial charge in [-0.2, -0.15) is 0 Å². The van der Waals surface area contributed by atoms with Crippen LogP contribution in [0.15, 0.2) is 54.0 Å². The number of halogens is 2. The van der Waals surface area contributed by atoms with Gasteiger partial charge in [0.05, 0.1) is 0 Å². The van der Waals surface area contributed by atoms with Gasteiger partial charge in [0.25, 0.3) is 5.91 Å². The topological polar surface area (TPSA) is 55.6 Å². The Bertz CT molecular complexity index is 1150. The van der Waals surface area contributed by atoms with Crippen LogP contribution in [-0.4, -0.2) is 21.9 Å². The number of fused-ring (bicyclic) bond motifs is 1. The Morgan fingerprint density at radius 1 is 1.29 bits per heavy atom. The molecule has 0 atom stereocenters. The first-order chi connectivity index (χ1) is 13.5. The van der Waals surface area contributed by atoms with Gasteiger partial charge in [0, 0.05) is 22.2 Å². The van der Waals surface area contributed by atoms with Gasteiger partial charge in [-0.25, -0.2) is 9.37 Å². The first kappa shape index (κ1) is 18.5. The number of imidazole rings is 1. The number of aromatic nitrogens is 2. The van der Waals surface area contributed by atoms with Gasteiger partial charge in [-0.05, 0) is 55.0 Å². The minimum Gasteiger partial charge on any atom is -0.483 e. The van der Waals surface area contributed by atoms with Crippen molar-refractivity contribution in [1.29, 1.82) is 0 Å². The molecular weight excluding hydrogens is 401 g/mol. The third-order valence-corrected chi connectivity index (χ3v) is 5.13. The second-order valence-corrected chi connectivity index (χ2v) is 7.43. The fourth-order valence-electron chi connectivity index (χ4n) is 2.80. The van der Waals surface area contributed by atoms with Crippen LogP contribution in [0.25, 0.3) is 16.2 Å². The van der Waals surface area contributed by atoms with Crippen LogP contribution in [0.1, 0.15) is 5.56 Å². The number of thiazole rings is 1. The molecular formula is C20H15ClFN3O2S. The predicted octanol–water partition coefficient (Wildman–Crippen LogP) is 5.18. The lowest BCUT2D eigenvalue weighted by Crippen LogP contribution is -2.21. The number of aryl methyl sites for hydroxylation is 1. The van der Waals surface area contributed by atoms with Gasteiger partial charge in [0.15, 0.2) is 11.6 Å². The van der Waals surface area contributed by atoms with Gasteiger partial charge in [-0.1, -0.05) is 11.6 Å². The van der Waals surface area contributed by atoms with E-state index in [0.29, 0.717) is 27.8 Å². The summed E-state index contributed by atoms with van der Waals surface area (Å²) in [7, 11) is 0. The molecule has 2 heterocycles. The minimum atomic E-state index is -0.331. The molecule has 142 valence electrons. The molecule has 0 unspecified atom stereocenters. The van der Waals surface area contributed by atoms with E-state index < -0.39 is 0 Å². The van der Waals surface area contributed by atoms with Crippen LogP contribution in [-0.2, 0) is 4.79 Å². The van der Waals surface area contributed by atoms with E-state index in [1.807, 2.05) is 18.5 Å². The quantitative estimate of drug-likeness (QED) is 0.488. The highest BCUT2D eigenvalue weighted by Crippen LogP contribution is 2.31. The number of nitrogens with zero attached hydrogens (tertiary/aromatic N) is 2. The Morgan fingerprint density at radius 2 is 2.07 bits per heavy atom. The first-order valence-electron chi connectivity index (χ1n) is 8.41. The maximum atomic E-state index is 13.3. The molecule has 28 heavy (non-hydrogen) atoms. The summed E-state index contributed by atoms with van der Waals surface area (Å²) < 4.78 is 20.7. The summed E-state index contributed by atoms with van der Waals surface area (Å²) in [5.74, 6) is 0.448. The highest BCUT2D eigenvalue weighted by Gasteiger charge is 2.18. The number of nitrogens with one attached hydrogen (secondary N) is 1. The molecule has 0 spiro atoms. The number of carbonyl (C=O) groups is 1. The second kappa shape index (κ2) is 7.61. The van der Waals surface area contributed by atoms with Gasteiger partial charge in [-0.3, -0.25) is 9.20 Å². The highest BCUT2D eigenvalue weighted by atomic mass is 35.5. The Balaban J connectivity index is 1.56. The van der Waals surface area contributed by atoms with Gasteiger partial charge in [0.2, 0.25) is 0 Å². The van der Waals surface area contributed by atoms with Gasteiger partial charge < -0.3 is 10.1 Å². The molecule has 0 aliphatic carbocycles. The van der Waals surface area contributed by atoms with Crippen molar-refractivity contribution in [1.82, 2.24) is 9.38 Å². The molecule has 2 aromatic heterocycles. The summed E-state index contributed by atoms with van der Waals surface area (Å²) in [6, 6.07) is 11.2. The van der Waals surface area contributed by atoms with Crippen molar-refractivity contribution < 1.29 is 13.9 Å². The number of rotatable bonds is 5. The lowest BCUT2D eigenvalue weighted by molar-refractivity contribution is -0.118. The van der Waals surface area contributed by atoms with E-state index in [4.69, 9.17) is 16.3 Å². The third-order valence-electron chi connectivity index (χ3n) is 4.13. The number of carbonyl (C=O) groups excluding carboxylic acids is 1. The number of hydrogen-bond acceptors (Lipinski definition) is 4. The molecule has 4 rings (SSSR count). The molecule has 0 aliphatic rings. The number of benzene rings is 2. The van der Waals surface area contributed by atoms with Crippen LogP contribution in [0, 0.1) is 12.7 Å². The smallest absolute Gasteiger partial charge is 0.263 e. The zero-order valence-electron chi connectivity index (χ0n) is 14.8. The van der Waals surface area contributed by atoms with Crippen molar-refractivity contribution >= 4 is 39.6 Å². The normalized spacial score (nSPS) is 11.0. The fraction of sp³-hybridized carbons (Fsp3) is 0.100. The average Bonchev–Trinajstić information content (AvgIpc) is 3.24. The molecule has 1 N–H and O–H groups in total. The summed E-state index contributed by atoms with van der Waals surface area (Å²) in [6.45, 7) is 1.69.